The van der Waals surface area contributed by atoms with Gasteiger partial charge in [-0.1, -0.05) is 18.2 Å². The monoisotopic (exact) mass is 455 g/mol. The van der Waals surface area contributed by atoms with E-state index in [1.807, 2.05) is 82.0 Å². The van der Waals surface area contributed by atoms with Crippen molar-refractivity contribution in [1.29, 1.82) is 0 Å². The first-order chi connectivity index (χ1) is 16.1. The molecule has 0 atom stereocenters. The summed E-state index contributed by atoms with van der Waals surface area (Å²) in [7, 11) is 0. The number of phenolic OH excluding ortho intramolecular Hbond substituents is 3. The van der Waals surface area contributed by atoms with Crippen LogP contribution >= 0.6 is 0 Å². The predicted octanol–water partition coefficient (Wildman–Crippen LogP) is 7.61. The van der Waals surface area contributed by atoms with Gasteiger partial charge in [0.05, 0.1) is 11.4 Å². The van der Waals surface area contributed by atoms with Gasteiger partial charge in [-0.3, -0.25) is 0 Å². The van der Waals surface area contributed by atoms with Crippen LogP contribution in [0.4, 0.5) is 17.1 Å². The Morgan fingerprint density at radius 3 is 1.74 bits per heavy atom. The number of aromatic hydroxyl groups is 3. The van der Waals surface area contributed by atoms with Gasteiger partial charge >= 0.3 is 0 Å². The van der Waals surface area contributed by atoms with Crippen LogP contribution in [0.2, 0.25) is 0 Å². The molecule has 4 aromatic rings. The van der Waals surface area contributed by atoms with Crippen molar-refractivity contribution in [3.8, 4) is 28.7 Å². The molecule has 0 heterocycles. The van der Waals surface area contributed by atoms with Gasteiger partial charge in [0.2, 0.25) is 0 Å². The van der Waals surface area contributed by atoms with Crippen molar-refractivity contribution in [2.75, 3.05) is 4.90 Å². The molecule has 0 aromatic heterocycles. The Hall–Kier alpha value is -4.12. The van der Waals surface area contributed by atoms with E-state index in [9.17, 15) is 15.3 Å². The van der Waals surface area contributed by atoms with Crippen molar-refractivity contribution in [1.82, 2.24) is 0 Å². The maximum Gasteiger partial charge on any atom is 0.131 e. The van der Waals surface area contributed by atoms with Crippen LogP contribution in [-0.2, 0) is 0 Å². The van der Waals surface area contributed by atoms with Crippen LogP contribution in [-0.4, -0.2) is 15.3 Å². The van der Waals surface area contributed by atoms with E-state index in [-0.39, 0.29) is 17.2 Å². The van der Waals surface area contributed by atoms with Crippen molar-refractivity contribution in [2.45, 2.75) is 34.6 Å². The molecule has 0 saturated heterocycles. The van der Waals surface area contributed by atoms with Crippen LogP contribution in [0.5, 0.6) is 28.7 Å². The molecule has 4 aromatic carbocycles. The first kappa shape index (κ1) is 23.1. The van der Waals surface area contributed by atoms with E-state index in [0.29, 0.717) is 11.5 Å². The molecule has 0 bridgehead atoms. The van der Waals surface area contributed by atoms with E-state index in [4.69, 9.17) is 4.74 Å². The summed E-state index contributed by atoms with van der Waals surface area (Å²) in [4.78, 5) is 2.00. The largest absolute Gasteiger partial charge is 0.508 e. The normalized spacial score (nSPS) is 10.9. The minimum atomic E-state index is 0.143. The molecule has 0 amide bonds. The molecule has 174 valence electrons. The Morgan fingerprint density at radius 1 is 0.588 bits per heavy atom. The van der Waals surface area contributed by atoms with Gasteiger partial charge in [0.25, 0.3) is 0 Å². The van der Waals surface area contributed by atoms with E-state index in [2.05, 4.69) is 0 Å². The lowest BCUT2D eigenvalue weighted by molar-refractivity contribution is 0.454. The van der Waals surface area contributed by atoms with E-state index >= 15 is 0 Å². The average Bonchev–Trinajstić information content (AvgIpc) is 2.75. The van der Waals surface area contributed by atoms with Gasteiger partial charge in [-0.25, -0.2) is 0 Å². The topological polar surface area (TPSA) is 73.2 Å². The van der Waals surface area contributed by atoms with Crippen LogP contribution in [0.25, 0.3) is 0 Å². The van der Waals surface area contributed by atoms with Crippen LogP contribution in [0.1, 0.15) is 27.8 Å². The summed E-state index contributed by atoms with van der Waals surface area (Å²) in [6.45, 7) is 9.61. The second-order valence-corrected chi connectivity index (χ2v) is 8.79. The number of ether oxygens (including phenoxy) is 1. The lowest BCUT2D eigenvalue weighted by Crippen LogP contribution is -2.13. The average molecular weight is 456 g/mol. The van der Waals surface area contributed by atoms with Crippen LogP contribution in [0.15, 0.2) is 66.7 Å². The quantitative estimate of drug-likeness (QED) is 0.289. The number of hydrogen-bond acceptors (Lipinski definition) is 5. The van der Waals surface area contributed by atoms with Gasteiger partial charge in [0.15, 0.2) is 0 Å². The highest BCUT2D eigenvalue weighted by atomic mass is 16.5. The molecule has 3 N–H and O–H groups in total. The molecule has 0 aliphatic heterocycles. The second kappa shape index (κ2) is 9.02. The Balaban J connectivity index is 1.87. The van der Waals surface area contributed by atoms with Crippen LogP contribution < -0.4 is 9.64 Å². The van der Waals surface area contributed by atoms with Gasteiger partial charge in [-0.05, 0) is 86.7 Å². The number of rotatable bonds is 5. The number of benzene rings is 4. The smallest absolute Gasteiger partial charge is 0.131 e. The third-order valence-corrected chi connectivity index (χ3v) is 5.86. The predicted molar refractivity (Wildman–Crippen MR) is 136 cm³/mol. The fourth-order valence-electron chi connectivity index (χ4n) is 4.16. The molecule has 0 unspecified atom stereocenters. The molecular formula is C29H29NO4. The molecular weight excluding hydrogens is 426 g/mol. The lowest BCUT2D eigenvalue weighted by atomic mass is 10.0. The van der Waals surface area contributed by atoms with Crippen molar-refractivity contribution < 1.29 is 20.1 Å². The van der Waals surface area contributed by atoms with Crippen molar-refractivity contribution in [3.05, 3.63) is 94.5 Å². The molecule has 5 nitrogen and oxygen atoms in total. The SMILES string of the molecule is Cc1cc(O)cc(Oc2cccc(N(c3cc(O)c(C)cc3C)c3cc(O)c(C)cc3C)c2)c1. The minimum absolute atomic E-state index is 0.143. The summed E-state index contributed by atoms with van der Waals surface area (Å²) in [6.07, 6.45) is 0. The van der Waals surface area contributed by atoms with Crippen molar-refractivity contribution in [3.63, 3.8) is 0 Å². The van der Waals surface area contributed by atoms with E-state index < -0.39 is 0 Å². The summed E-state index contributed by atoms with van der Waals surface area (Å²) in [6, 6.07) is 20.0. The van der Waals surface area contributed by atoms with Crippen molar-refractivity contribution in [2.24, 2.45) is 0 Å². The maximum absolute atomic E-state index is 10.5. The zero-order valence-electron chi connectivity index (χ0n) is 20.0. The summed E-state index contributed by atoms with van der Waals surface area (Å²) in [5.41, 5.74) is 6.81. The molecule has 0 fully saturated rings. The zero-order valence-corrected chi connectivity index (χ0v) is 20.0. The lowest BCUT2D eigenvalue weighted by Gasteiger charge is -2.29. The molecule has 5 heteroatoms. The molecule has 0 spiro atoms. The minimum Gasteiger partial charge on any atom is -0.508 e. The zero-order chi connectivity index (χ0) is 24.6. The summed E-state index contributed by atoms with van der Waals surface area (Å²) < 4.78 is 6.06. The van der Waals surface area contributed by atoms with Gasteiger partial charge in [0.1, 0.15) is 28.7 Å². The number of nitrogens with zero attached hydrogens (tertiary/aromatic N) is 1. The summed E-state index contributed by atoms with van der Waals surface area (Å²) in [5.74, 6) is 1.67. The number of aryl methyl sites for hydroxylation is 5. The Labute approximate surface area is 200 Å². The number of anilines is 3. The molecule has 0 saturated carbocycles. The number of hydrogen-bond donors (Lipinski definition) is 3. The molecule has 34 heavy (non-hydrogen) atoms. The number of phenols is 3. The van der Waals surface area contributed by atoms with Gasteiger partial charge in [-0.2, -0.15) is 0 Å². The van der Waals surface area contributed by atoms with Gasteiger partial charge in [-0.15, -0.1) is 0 Å². The van der Waals surface area contributed by atoms with E-state index in [1.54, 1.807) is 24.3 Å². The standard InChI is InChI=1S/C29H29NO4/c1-17-9-23(31)14-25(10-17)34-24-8-6-7-22(13-24)30(26-15-28(32)20(4)11-18(26)2)27-16-29(33)21(5)12-19(27)3/h6-16,31-33H,1-5H3. The molecule has 4 rings (SSSR count). The van der Waals surface area contributed by atoms with Gasteiger partial charge < -0.3 is 25.0 Å². The molecule has 0 radical (unpaired) electrons. The van der Waals surface area contributed by atoms with E-state index in [1.165, 1.54) is 0 Å². The fraction of sp³-hybridized carbons (Fsp3) is 0.172. The first-order valence-electron chi connectivity index (χ1n) is 11.1. The van der Waals surface area contributed by atoms with Gasteiger partial charge in [0, 0.05) is 30.0 Å². The summed E-state index contributed by atoms with van der Waals surface area (Å²) in [5, 5.41) is 31.0. The van der Waals surface area contributed by atoms with E-state index in [0.717, 1.165) is 44.9 Å². The van der Waals surface area contributed by atoms with Crippen LogP contribution in [0.3, 0.4) is 0 Å². The molecule has 0 aliphatic carbocycles. The van der Waals surface area contributed by atoms with Crippen LogP contribution in [0, 0.1) is 34.6 Å². The Morgan fingerprint density at radius 2 is 1.18 bits per heavy atom. The third-order valence-electron chi connectivity index (χ3n) is 5.86. The van der Waals surface area contributed by atoms with Crippen molar-refractivity contribution >= 4 is 17.1 Å². The third kappa shape index (κ3) is 4.64. The molecule has 0 aliphatic rings. The highest BCUT2D eigenvalue weighted by molar-refractivity contribution is 5.82. The Kier molecular flexibility index (Phi) is 6.12. The maximum atomic E-state index is 10.5. The Bertz CT molecular complexity index is 1300. The second-order valence-electron chi connectivity index (χ2n) is 8.79. The highest BCUT2D eigenvalue weighted by Gasteiger charge is 2.20. The highest BCUT2D eigenvalue weighted by Crippen LogP contribution is 2.43. The summed E-state index contributed by atoms with van der Waals surface area (Å²) >= 11 is 0. The first-order valence-corrected chi connectivity index (χ1v) is 11.1. The fourth-order valence-corrected chi connectivity index (χ4v) is 4.16.